The first kappa shape index (κ1) is 18.3. The van der Waals surface area contributed by atoms with Gasteiger partial charge in [0.15, 0.2) is 0 Å². The summed E-state index contributed by atoms with van der Waals surface area (Å²) >= 11 is 0. The zero-order valence-electron chi connectivity index (χ0n) is 17.6. The Labute approximate surface area is 170 Å². The van der Waals surface area contributed by atoms with Crippen molar-refractivity contribution in [2.24, 2.45) is 17.8 Å². The van der Waals surface area contributed by atoms with Gasteiger partial charge in [0.2, 0.25) is 0 Å². The van der Waals surface area contributed by atoms with Crippen LogP contribution < -0.4 is 10.1 Å². The zero-order chi connectivity index (χ0) is 19.1. The number of rotatable bonds is 7. The smallest absolute Gasteiger partial charge is 0.349 e. The molecule has 1 saturated heterocycles. The number of hydrogen-bond donors (Lipinski definition) is 1. The molecule has 2 heterocycles. The van der Waals surface area contributed by atoms with Crippen molar-refractivity contribution in [3.63, 3.8) is 0 Å². The highest BCUT2D eigenvalue weighted by Crippen LogP contribution is 2.49. The van der Waals surface area contributed by atoms with Crippen molar-refractivity contribution in [3.05, 3.63) is 29.8 Å². The number of fused-ring (bicyclic) bond motifs is 3. The zero-order valence-corrected chi connectivity index (χ0v) is 17.6. The molecule has 2 aliphatic carbocycles. The van der Waals surface area contributed by atoms with Crippen molar-refractivity contribution < 1.29 is 9.31 Å². The van der Waals surface area contributed by atoms with Crippen LogP contribution in [-0.4, -0.2) is 53.8 Å². The standard InChI is InChI=1S/C24H35N3O/c1-3-28-23-8-5-18(6-9-23)14-22-16-27-17(2)15-25-24(27)26(22)11-10-21-13-19-4-7-20(21)12-19/h5-6,8-9,17,19-22H,3-4,7,10-16H2,1-2H3/p+1. The first-order valence-corrected chi connectivity index (χ1v) is 11.6. The summed E-state index contributed by atoms with van der Waals surface area (Å²) in [4.78, 5) is 2.61. The van der Waals surface area contributed by atoms with Crippen molar-refractivity contribution in [1.82, 2.24) is 10.2 Å². The highest BCUT2D eigenvalue weighted by Gasteiger charge is 2.45. The van der Waals surface area contributed by atoms with Gasteiger partial charge in [-0.1, -0.05) is 18.6 Å². The van der Waals surface area contributed by atoms with E-state index in [0.717, 1.165) is 49.6 Å². The second-order valence-corrected chi connectivity index (χ2v) is 9.56. The van der Waals surface area contributed by atoms with Gasteiger partial charge in [-0.3, -0.25) is 14.8 Å². The van der Waals surface area contributed by atoms with Crippen LogP contribution in [0.15, 0.2) is 24.3 Å². The molecule has 3 fully saturated rings. The Bertz CT molecular complexity index is 728. The van der Waals surface area contributed by atoms with Gasteiger partial charge in [-0.15, -0.1) is 0 Å². The largest absolute Gasteiger partial charge is 0.494 e. The van der Waals surface area contributed by atoms with E-state index in [1.54, 1.807) is 0 Å². The van der Waals surface area contributed by atoms with Crippen LogP contribution in [0, 0.1) is 17.8 Å². The van der Waals surface area contributed by atoms with Gasteiger partial charge in [0.25, 0.3) is 0 Å². The molecule has 5 atom stereocenters. The van der Waals surface area contributed by atoms with E-state index >= 15 is 0 Å². The maximum absolute atomic E-state index is 5.61. The Kier molecular flexibility index (Phi) is 4.98. The van der Waals surface area contributed by atoms with Crippen molar-refractivity contribution in [2.75, 3.05) is 26.2 Å². The molecule has 0 spiro atoms. The molecule has 152 valence electrons. The van der Waals surface area contributed by atoms with Gasteiger partial charge in [0, 0.05) is 6.42 Å². The first-order chi connectivity index (χ1) is 13.7. The Balaban J connectivity index is 1.28. The van der Waals surface area contributed by atoms with E-state index in [0.29, 0.717) is 12.1 Å². The summed E-state index contributed by atoms with van der Waals surface area (Å²) in [5.74, 6) is 5.47. The molecule has 4 aliphatic rings. The second kappa shape index (κ2) is 7.61. The van der Waals surface area contributed by atoms with Gasteiger partial charge in [-0.25, -0.2) is 0 Å². The number of nitrogens with one attached hydrogen (secondary N) is 1. The van der Waals surface area contributed by atoms with Crippen LogP contribution in [0.2, 0.25) is 0 Å². The predicted octanol–water partition coefficient (Wildman–Crippen LogP) is 3.50. The number of guanidine groups is 1. The highest BCUT2D eigenvalue weighted by atomic mass is 16.5. The van der Waals surface area contributed by atoms with Gasteiger partial charge in [0.1, 0.15) is 24.4 Å². The van der Waals surface area contributed by atoms with Gasteiger partial charge < -0.3 is 4.74 Å². The molecule has 5 rings (SSSR count). The van der Waals surface area contributed by atoms with E-state index in [4.69, 9.17) is 4.74 Å². The molecule has 5 unspecified atom stereocenters. The lowest BCUT2D eigenvalue weighted by molar-refractivity contribution is -0.558. The minimum absolute atomic E-state index is 0.585. The summed E-state index contributed by atoms with van der Waals surface area (Å²) in [7, 11) is 0. The number of nitrogens with zero attached hydrogens (tertiary/aromatic N) is 2. The highest BCUT2D eigenvalue weighted by molar-refractivity contribution is 5.78. The SMILES string of the molecule is CCOc1ccc(CC2CN3C(=[N+]2CCC2CC4CCC2C4)NCC3C)cc1. The van der Waals surface area contributed by atoms with Crippen LogP contribution in [0.5, 0.6) is 5.75 Å². The van der Waals surface area contributed by atoms with E-state index in [1.165, 1.54) is 50.2 Å². The topological polar surface area (TPSA) is 27.5 Å². The fourth-order valence-electron chi connectivity index (χ4n) is 6.35. The van der Waals surface area contributed by atoms with E-state index in [9.17, 15) is 0 Å². The molecule has 2 bridgehead atoms. The molecule has 2 saturated carbocycles. The minimum atomic E-state index is 0.585. The van der Waals surface area contributed by atoms with Crippen LogP contribution in [0.4, 0.5) is 0 Å². The summed E-state index contributed by atoms with van der Waals surface area (Å²) < 4.78 is 8.33. The lowest BCUT2D eigenvalue weighted by Crippen LogP contribution is -2.35. The van der Waals surface area contributed by atoms with Gasteiger partial charge in [0.05, 0.1) is 19.7 Å². The lowest BCUT2D eigenvalue weighted by Gasteiger charge is -2.23. The van der Waals surface area contributed by atoms with Crippen molar-refractivity contribution in [1.29, 1.82) is 0 Å². The van der Waals surface area contributed by atoms with Gasteiger partial charge in [-0.05, 0) is 75.0 Å². The van der Waals surface area contributed by atoms with Crippen LogP contribution in [0.1, 0.15) is 51.5 Å². The van der Waals surface area contributed by atoms with Crippen molar-refractivity contribution in [2.45, 2.75) is 64.5 Å². The summed E-state index contributed by atoms with van der Waals surface area (Å²) in [6.07, 6.45) is 8.55. The number of benzene rings is 1. The van der Waals surface area contributed by atoms with E-state index < -0.39 is 0 Å². The monoisotopic (exact) mass is 382 g/mol. The maximum atomic E-state index is 5.61. The molecule has 0 amide bonds. The molecule has 2 aliphatic heterocycles. The van der Waals surface area contributed by atoms with E-state index in [1.807, 2.05) is 6.92 Å². The van der Waals surface area contributed by atoms with Crippen molar-refractivity contribution in [3.8, 4) is 5.75 Å². The minimum Gasteiger partial charge on any atom is -0.494 e. The van der Waals surface area contributed by atoms with E-state index in [-0.39, 0.29) is 0 Å². The quantitative estimate of drug-likeness (QED) is 0.732. The van der Waals surface area contributed by atoms with Crippen molar-refractivity contribution >= 4 is 5.96 Å². The Morgan fingerprint density at radius 2 is 2.04 bits per heavy atom. The molecule has 4 nitrogen and oxygen atoms in total. The third-order valence-corrected chi connectivity index (χ3v) is 7.81. The molecule has 0 aromatic heterocycles. The van der Waals surface area contributed by atoms with Gasteiger partial charge in [-0.2, -0.15) is 0 Å². The third-order valence-electron chi connectivity index (χ3n) is 7.81. The Morgan fingerprint density at radius 1 is 1.18 bits per heavy atom. The first-order valence-electron chi connectivity index (χ1n) is 11.6. The van der Waals surface area contributed by atoms with Crippen LogP contribution >= 0.6 is 0 Å². The van der Waals surface area contributed by atoms with Gasteiger partial charge >= 0.3 is 5.96 Å². The van der Waals surface area contributed by atoms with E-state index in [2.05, 4.69) is 46.0 Å². The fourth-order valence-corrected chi connectivity index (χ4v) is 6.35. The average Bonchev–Trinajstić information content (AvgIpc) is 3.46. The van der Waals surface area contributed by atoms with Crippen LogP contribution in [0.25, 0.3) is 0 Å². The molecule has 1 N–H and O–H groups in total. The summed E-state index contributed by atoms with van der Waals surface area (Å²) in [6, 6.07) is 9.96. The predicted molar refractivity (Wildman–Crippen MR) is 113 cm³/mol. The molecule has 1 aromatic carbocycles. The third kappa shape index (κ3) is 3.40. The number of hydrogen-bond acceptors (Lipinski definition) is 3. The Morgan fingerprint density at radius 3 is 2.75 bits per heavy atom. The molecule has 4 heteroatoms. The molecular formula is C24H36N3O+. The molecular weight excluding hydrogens is 346 g/mol. The van der Waals surface area contributed by atoms with Crippen LogP contribution in [0.3, 0.4) is 0 Å². The molecule has 0 radical (unpaired) electrons. The summed E-state index contributed by atoms with van der Waals surface area (Å²) in [5, 5.41) is 3.72. The fraction of sp³-hybridized carbons (Fsp3) is 0.708. The number of ether oxygens (including phenoxy) is 1. The maximum Gasteiger partial charge on any atom is 0.349 e. The summed E-state index contributed by atoms with van der Waals surface area (Å²) in [5.41, 5.74) is 1.42. The average molecular weight is 383 g/mol. The summed E-state index contributed by atoms with van der Waals surface area (Å²) in [6.45, 7) is 8.60. The normalized spacial score (nSPS) is 33.5. The lowest BCUT2D eigenvalue weighted by atomic mass is 9.86. The Hall–Kier alpha value is -1.71. The van der Waals surface area contributed by atoms with Crippen LogP contribution in [-0.2, 0) is 6.42 Å². The second-order valence-electron chi connectivity index (χ2n) is 9.56. The molecule has 1 aromatic rings. The molecule has 28 heavy (non-hydrogen) atoms.